The molecule has 2 aromatic rings. The zero-order valence-corrected chi connectivity index (χ0v) is 15.9. The predicted molar refractivity (Wildman–Crippen MR) is 111 cm³/mol. The first-order valence-electron chi connectivity index (χ1n) is 13.6. The van der Waals surface area contributed by atoms with Gasteiger partial charge in [-0.1, -0.05) is 67.6 Å². The second-order valence-electron chi connectivity index (χ2n) is 7.23. The van der Waals surface area contributed by atoms with Crippen molar-refractivity contribution in [3.05, 3.63) is 71.8 Å². The van der Waals surface area contributed by atoms with Crippen molar-refractivity contribution >= 4 is 5.91 Å². The lowest BCUT2D eigenvalue weighted by molar-refractivity contribution is -0.124. The fourth-order valence-corrected chi connectivity index (χ4v) is 4.66. The first-order valence-corrected chi connectivity index (χ1v) is 9.57. The number of hydrogen-bond donors (Lipinski definition) is 1. The molecule has 148 valence electrons. The highest BCUT2D eigenvalue weighted by Crippen LogP contribution is 2.54. The largest absolute Gasteiger partial charge is 0.379 e. The van der Waals surface area contributed by atoms with E-state index in [1.807, 2.05) is 67.6 Å². The molecule has 1 unspecified atom stereocenters. The van der Waals surface area contributed by atoms with E-state index in [4.69, 9.17) is 11.0 Å². The van der Waals surface area contributed by atoms with Crippen molar-refractivity contribution in [2.45, 2.75) is 25.2 Å². The topological polar surface area (TPSA) is 41.6 Å². The quantitative estimate of drug-likeness (QED) is 0.829. The summed E-state index contributed by atoms with van der Waals surface area (Å²) in [6, 6.07) is 18.5. The van der Waals surface area contributed by atoms with Crippen LogP contribution in [0.3, 0.4) is 0 Å². The molecule has 0 aromatic heterocycles. The van der Waals surface area contributed by atoms with Gasteiger partial charge >= 0.3 is 0 Å². The maximum Gasteiger partial charge on any atom is 0.235 e. The van der Waals surface area contributed by atoms with Crippen LogP contribution in [0.25, 0.3) is 0 Å². The van der Waals surface area contributed by atoms with E-state index in [1.165, 1.54) is 0 Å². The number of benzene rings is 2. The van der Waals surface area contributed by atoms with Gasteiger partial charge in [0.15, 0.2) is 0 Å². The molecule has 2 fully saturated rings. The van der Waals surface area contributed by atoms with Crippen LogP contribution in [0.1, 0.15) is 41.9 Å². The summed E-state index contributed by atoms with van der Waals surface area (Å²) >= 11 is 0. The summed E-state index contributed by atoms with van der Waals surface area (Å²) < 4.78 is 70.2. The Balaban J connectivity index is 1.85. The zero-order chi connectivity index (χ0) is 26.6. The lowest BCUT2D eigenvalue weighted by Crippen LogP contribution is -2.50. The van der Waals surface area contributed by atoms with Crippen LogP contribution >= 0.6 is 0 Å². The van der Waals surface area contributed by atoms with E-state index in [-0.39, 0.29) is 25.4 Å². The highest BCUT2D eigenvalue weighted by molar-refractivity contribution is 5.95. The van der Waals surface area contributed by atoms with E-state index in [0.29, 0.717) is 11.3 Å². The van der Waals surface area contributed by atoms with Crippen molar-refractivity contribution in [1.29, 1.82) is 0 Å². The molecule has 0 aliphatic carbocycles. The van der Waals surface area contributed by atoms with Gasteiger partial charge in [0.1, 0.15) is 5.41 Å². The van der Waals surface area contributed by atoms with E-state index in [0.717, 1.165) is 11.1 Å². The summed E-state index contributed by atoms with van der Waals surface area (Å²) in [6.07, 6.45) is 0.545. The number of nitrogens with one attached hydrogen (secondary N) is 1. The first kappa shape index (κ1) is 11.7. The molecule has 2 aromatic carbocycles. The monoisotopic (exact) mass is 386 g/mol. The minimum absolute atomic E-state index is 0.0806. The molecular formula is C24H30N2O2. The minimum Gasteiger partial charge on any atom is -0.379 e. The molecule has 1 atom stereocenters. The van der Waals surface area contributed by atoms with Crippen molar-refractivity contribution in [3.8, 4) is 0 Å². The van der Waals surface area contributed by atoms with Crippen LogP contribution in [0.15, 0.2) is 60.7 Å². The Bertz CT molecular complexity index is 1050. The van der Waals surface area contributed by atoms with Crippen LogP contribution in [-0.2, 0) is 14.9 Å². The molecular weight excluding hydrogens is 348 g/mol. The molecule has 2 aliphatic heterocycles. The molecule has 0 saturated carbocycles. The average Bonchev–Trinajstić information content (AvgIpc) is 3.11. The summed E-state index contributed by atoms with van der Waals surface area (Å²) in [6.45, 7) is -10.4. The van der Waals surface area contributed by atoms with Gasteiger partial charge in [0.2, 0.25) is 5.91 Å². The van der Waals surface area contributed by atoms with Gasteiger partial charge < -0.3 is 10.1 Å². The summed E-state index contributed by atoms with van der Waals surface area (Å²) in [5.74, 6) is -0.222. The van der Waals surface area contributed by atoms with Crippen molar-refractivity contribution in [2.24, 2.45) is 5.41 Å². The molecule has 0 bridgehead atoms. The van der Waals surface area contributed by atoms with Gasteiger partial charge in [-0.05, 0) is 30.5 Å². The Hall–Kier alpha value is -2.17. The van der Waals surface area contributed by atoms with E-state index in [9.17, 15) is 4.79 Å². The standard InChI is InChI=1S/C24H30N2O2/c1-2-23(13-14-26-15-17-28-18-16-26)19-25-22(27)24(23,20-9-5-3-6-10-20)21-11-7-4-8-12-21/h3-12H,2,13-19H2,1H3,(H,25,27)/i15D2,16D2,17D2,18D2. The summed E-state index contributed by atoms with van der Waals surface area (Å²) in [5, 5.41) is 2.99. The molecule has 0 radical (unpaired) electrons. The van der Waals surface area contributed by atoms with Gasteiger partial charge in [0, 0.05) is 30.4 Å². The molecule has 1 N–H and O–H groups in total. The van der Waals surface area contributed by atoms with Crippen LogP contribution in [0.4, 0.5) is 0 Å². The third-order valence-corrected chi connectivity index (χ3v) is 6.09. The smallest absolute Gasteiger partial charge is 0.235 e. The molecule has 28 heavy (non-hydrogen) atoms. The molecule has 4 nitrogen and oxygen atoms in total. The van der Waals surface area contributed by atoms with Crippen LogP contribution in [0.5, 0.6) is 0 Å². The number of hydrogen-bond acceptors (Lipinski definition) is 3. The van der Waals surface area contributed by atoms with Crippen LogP contribution in [-0.4, -0.2) is 50.0 Å². The third-order valence-electron chi connectivity index (χ3n) is 6.09. The number of carbonyl (C=O) groups is 1. The van der Waals surface area contributed by atoms with Crippen molar-refractivity contribution in [1.82, 2.24) is 10.2 Å². The fourth-order valence-electron chi connectivity index (χ4n) is 4.66. The van der Waals surface area contributed by atoms with E-state index in [1.54, 1.807) is 0 Å². The Kier molecular flexibility index (Phi) is 3.38. The van der Waals surface area contributed by atoms with E-state index in [2.05, 4.69) is 10.1 Å². The summed E-state index contributed by atoms with van der Waals surface area (Å²) in [5.41, 5.74) is -0.538. The predicted octanol–water partition coefficient (Wildman–Crippen LogP) is 3.22. The van der Waals surface area contributed by atoms with Crippen molar-refractivity contribution in [2.75, 3.05) is 39.2 Å². The Labute approximate surface area is 179 Å². The molecule has 2 aliphatic rings. The fraction of sp³-hybridized carbons (Fsp3) is 0.458. The zero-order valence-electron chi connectivity index (χ0n) is 23.9. The van der Waals surface area contributed by atoms with Gasteiger partial charge in [0.25, 0.3) is 0 Å². The number of rotatable bonds is 6. The van der Waals surface area contributed by atoms with Crippen LogP contribution in [0.2, 0.25) is 0 Å². The van der Waals surface area contributed by atoms with Crippen LogP contribution < -0.4 is 5.32 Å². The van der Waals surface area contributed by atoms with Gasteiger partial charge in [0.05, 0.1) is 18.6 Å². The Morgan fingerprint density at radius 2 is 1.61 bits per heavy atom. The first-order chi connectivity index (χ1) is 16.7. The highest BCUT2D eigenvalue weighted by atomic mass is 16.5. The van der Waals surface area contributed by atoms with Crippen LogP contribution in [0, 0.1) is 5.41 Å². The molecule has 2 heterocycles. The lowest BCUT2D eigenvalue weighted by Gasteiger charge is -2.45. The second-order valence-corrected chi connectivity index (χ2v) is 7.23. The molecule has 2 saturated heterocycles. The average molecular weight is 387 g/mol. The summed E-state index contributed by atoms with van der Waals surface area (Å²) in [4.78, 5) is 14.3. The maximum absolute atomic E-state index is 13.8. The number of morpholine rings is 1. The number of nitrogens with zero attached hydrogens (tertiary/aromatic N) is 1. The molecule has 0 spiro atoms. The molecule has 1 amide bonds. The molecule has 4 rings (SSSR count). The lowest BCUT2D eigenvalue weighted by atomic mass is 9.55. The van der Waals surface area contributed by atoms with E-state index < -0.39 is 36.9 Å². The van der Waals surface area contributed by atoms with Crippen molar-refractivity contribution in [3.63, 3.8) is 0 Å². The second kappa shape index (κ2) is 8.06. The van der Waals surface area contributed by atoms with Gasteiger partial charge in [-0.2, -0.15) is 0 Å². The Morgan fingerprint density at radius 1 is 1.04 bits per heavy atom. The van der Waals surface area contributed by atoms with Crippen molar-refractivity contribution < 1.29 is 20.5 Å². The Morgan fingerprint density at radius 3 is 2.14 bits per heavy atom. The normalized spacial score (nSPS) is 36.2. The van der Waals surface area contributed by atoms with Gasteiger partial charge in [-0.25, -0.2) is 0 Å². The SMILES string of the molecule is [2H]C1([2H])OC([2H])([2H])C([2H])([2H])N(CCC2(CC)CNC(=O)C2(c2ccccc2)c2ccccc2)C1([2H])[2H]. The highest BCUT2D eigenvalue weighted by Gasteiger charge is 2.61. The van der Waals surface area contributed by atoms with Gasteiger partial charge in [-0.3, -0.25) is 9.69 Å². The number of ether oxygens (including phenoxy) is 1. The number of carbonyl (C=O) groups excluding carboxylic acids is 1. The van der Waals surface area contributed by atoms with E-state index >= 15 is 0 Å². The summed E-state index contributed by atoms with van der Waals surface area (Å²) in [7, 11) is 0. The van der Waals surface area contributed by atoms with Gasteiger partial charge in [-0.15, -0.1) is 0 Å². The minimum atomic E-state index is -3.11. The maximum atomic E-state index is 13.8. The number of amides is 1. The molecule has 4 heteroatoms. The third kappa shape index (κ3) is 3.05.